The zero-order chi connectivity index (χ0) is 15.3. The van der Waals surface area contributed by atoms with Crippen LogP contribution in [0.3, 0.4) is 0 Å². The van der Waals surface area contributed by atoms with Crippen LogP contribution in [0.4, 0.5) is 24.5 Å². The number of benzene rings is 1. The number of nitrogens with two attached hydrogens (primary N) is 1. The highest BCUT2D eigenvalue weighted by Gasteiger charge is 2.27. The Bertz CT molecular complexity index is 522. The molecule has 20 heavy (non-hydrogen) atoms. The minimum absolute atomic E-state index is 0.142. The first-order valence-corrected chi connectivity index (χ1v) is 6.22. The number of nitrogens with one attached hydrogen (secondary N) is 1. The normalized spacial score (nSPS) is 11.2. The predicted octanol–water partition coefficient (Wildman–Crippen LogP) is 2.16. The van der Waals surface area contributed by atoms with Crippen molar-refractivity contribution in [1.82, 2.24) is 5.32 Å². The number of carbonyl (C=O) groups is 1. The van der Waals surface area contributed by atoms with Gasteiger partial charge in [0, 0.05) is 18.4 Å². The van der Waals surface area contributed by atoms with E-state index in [1.54, 1.807) is 0 Å². The number of nitro groups is 1. The molecule has 0 saturated carbocycles. The second-order valence-electron chi connectivity index (χ2n) is 3.55. The molecule has 0 saturated heterocycles. The fraction of sp³-hybridized carbons (Fsp3) is 0.300. The largest absolute Gasteiger partial charge is 0.441 e. The van der Waals surface area contributed by atoms with Gasteiger partial charge in [-0.25, -0.2) is 0 Å². The quantitative estimate of drug-likeness (QED) is 0.376. The number of halogens is 3. The molecule has 0 heterocycles. The number of nitrogen functional groups attached to an aromatic ring is 1. The van der Waals surface area contributed by atoms with Crippen molar-refractivity contribution >= 4 is 29.0 Å². The summed E-state index contributed by atoms with van der Waals surface area (Å²) in [6.45, 7) is -0.231. The average Bonchev–Trinajstić information content (AvgIpc) is 2.33. The molecule has 6 nitrogen and oxygen atoms in total. The van der Waals surface area contributed by atoms with Gasteiger partial charge in [-0.1, -0.05) is 6.07 Å². The van der Waals surface area contributed by atoms with Crippen molar-refractivity contribution in [3.63, 3.8) is 0 Å². The molecule has 0 fully saturated rings. The van der Waals surface area contributed by atoms with E-state index in [1.807, 2.05) is 0 Å². The number of amides is 1. The summed E-state index contributed by atoms with van der Waals surface area (Å²) >= 11 is -0.271. The van der Waals surface area contributed by atoms with E-state index in [0.29, 0.717) is 0 Å². The lowest BCUT2D eigenvalue weighted by atomic mass is 10.1. The van der Waals surface area contributed by atoms with Crippen molar-refractivity contribution in [2.24, 2.45) is 0 Å². The number of alkyl halides is 3. The molecule has 0 aliphatic heterocycles. The molecule has 0 spiro atoms. The Morgan fingerprint density at radius 1 is 1.45 bits per heavy atom. The first-order chi connectivity index (χ1) is 9.22. The molecule has 1 aromatic rings. The summed E-state index contributed by atoms with van der Waals surface area (Å²) in [4.78, 5) is 21.5. The highest BCUT2D eigenvalue weighted by atomic mass is 32.2. The van der Waals surface area contributed by atoms with Gasteiger partial charge in [0.05, 0.1) is 10.5 Å². The Morgan fingerprint density at radius 3 is 2.65 bits per heavy atom. The van der Waals surface area contributed by atoms with Gasteiger partial charge in [-0.15, -0.1) is 0 Å². The summed E-state index contributed by atoms with van der Waals surface area (Å²) in [7, 11) is 0. The summed E-state index contributed by atoms with van der Waals surface area (Å²) in [6, 6.07) is 3.66. The third-order valence-corrected chi connectivity index (χ3v) is 2.91. The maximum Gasteiger partial charge on any atom is 0.441 e. The first-order valence-electron chi connectivity index (χ1n) is 5.24. The van der Waals surface area contributed by atoms with Gasteiger partial charge in [0.2, 0.25) is 0 Å². The van der Waals surface area contributed by atoms with E-state index in [1.165, 1.54) is 12.1 Å². The number of thioether (sulfide) groups is 1. The third-order valence-electron chi connectivity index (χ3n) is 2.18. The number of para-hydroxylation sites is 1. The topological polar surface area (TPSA) is 98.3 Å². The lowest BCUT2D eigenvalue weighted by Gasteiger charge is -2.08. The lowest BCUT2D eigenvalue weighted by molar-refractivity contribution is -0.383. The SMILES string of the molecule is Nc1c(C(=O)NCCSC(F)(F)F)cccc1[N+](=O)[O-]. The summed E-state index contributed by atoms with van der Waals surface area (Å²) in [5, 5.41) is 12.8. The van der Waals surface area contributed by atoms with E-state index in [-0.39, 0.29) is 35.3 Å². The Balaban J connectivity index is 2.65. The van der Waals surface area contributed by atoms with Crippen molar-refractivity contribution < 1.29 is 22.9 Å². The van der Waals surface area contributed by atoms with E-state index in [9.17, 15) is 28.1 Å². The number of rotatable bonds is 5. The zero-order valence-electron chi connectivity index (χ0n) is 9.94. The second-order valence-corrected chi connectivity index (χ2v) is 4.71. The van der Waals surface area contributed by atoms with Gasteiger partial charge in [-0.2, -0.15) is 13.2 Å². The molecule has 10 heteroatoms. The van der Waals surface area contributed by atoms with Crippen LogP contribution < -0.4 is 11.1 Å². The third kappa shape index (κ3) is 4.61. The number of carbonyl (C=O) groups excluding carboxylic acids is 1. The monoisotopic (exact) mass is 309 g/mol. The molecule has 110 valence electrons. The molecule has 0 unspecified atom stereocenters. The van der Waals surface area contributed by atoms with E-state index < -0.39 is 22.0 Å². The van der Waals surface area contributed by atoms with Gasteiger partial charge in [-0.05, 0) is 17.8 Å². The van der Waals surface area contributed by atoms with Gasteiger partial charge in [-0.3, -0.25) is 14.9 Å². The van der Waals surface area contributed by atoms with Crippen molar-refractivity contribution in [3.8, 4) is 0 Å². The number of anilines is 1. The van der Waals surface area contributed by atoms with Gasteiger partial charge in [0.1, 0.15) is 5.69 Å². The minimum atomic E-state index is -4.37. The molecular weight excluding hydrogens is 299 g/mol. The molecule has 0 atom stereocenters. The Labute approximate surface area is 115 Å². The number of nitro benzene ring substituents is 1. The molecule has 0 bridgehead atoms. The van der Waals surface area contributed by atoms with Crippen molar-refractivity contribution in [2.45, 2.75) is 5.51 Å². The van der Waals surface area contributed by atoms with Crippen LogP contribution in [0.2, 0.25) is 0 Å². The number of hydrogen-bond donors (Lipinski definition) is 2. The summed E-state index contributed by atoms with van der Waals surface area (Å²) in [5.74, 6) is -1.11. The van der Waals surface area contributed by atoms with Crippen molar-refractivity contribution in [1.29, 1.82) is 0 Å². The van der Waals surface area contributed by atoms with Crippen LogP contribution in [0, 0.1) is 10.1 Å². The summed E-state index contributed by atoms with van der Waals surface area (Å²) in [6.07, 6.45) is 0. The Kier molecular flexibility index (Phi) is 5.19. The van der Waals surface area contributed by atoms with Crippen LogP contribution in [-0.4, -0.2) is 28.6 Å². The van der Waals surface area contributed by atoms with Gasteiger partial charge in [0.15, 0.2) is 0 Å². The van der Waals surface area contributed by atoms with Crippen LogP contribution in [0.1, 0.15) is 10.4 Å². The minimum Gasteiger partial charge on any atom is -0.393 e. The fourth-order valence-electron chi connectivity index (χ4n) is 1.34. The molecule has 0 aliphatic rings. The molecule has 0 aliphatic carbocycles. The van der Waals surface area contributed by atoms with E-state index in [2.05, 4.69) is 5.32 Å². The van der Waals surface area contributed by atoms with Gasteiger partial charge < -0.3 is 11.1 Å². The average molecular weight is 309 g/mol. The molecule has 3 N–H and O–H groups in total. The molecule has 1 amide bonds. The van der Waals surface area contributed by atoms with Gasteiger partial charge in [0.25, 0.3) is 11.6 Å². The zero-order valence-corrected chi connectivity index (χ0v) is 10.8. The summed E-state index contributed by atoms with van der Waals surface area (Å²) in [5.41, 5.74) is 0.214. The van der Waals surface area contributed by atoms with E-state index in [4.69, 9.17) is 5.73 Å². The maximum atomic E-state index is 11.9. The summed E-state index contributed by atoms with van der Waals surface area (Å²) < 4.78 is 35.6. The fourth-order valence-corrected chi connectivity index (χ4v) is 1.77. The predicted molar refractivity (Wildman–Crippen MR) is 68.4 cm³/mol. The van der Waals surface area contributed by atoms with Crippen LogP contribution in [0.15, 0.2) is 18.2 Å². The highest BCUT2D eigenvalue weighted by molar-refractivity contribution is 8.00. The lowest BCUT2D eigenvalue weighted by Crippen LogP contribution is -2.27. The number of nitrogens with zero attached hydrogens (tertiary/aromatic N) is 1. The molecule has 0 aromatic heterocycles. The number of hydrogen-bond acceptors (Lipinski definition) is 5. The van der Waals surface area contributed by atoms with Crippen LogP contribution in [-0.2, 0) is 0 Å². The van der Waals surface area contributed by atoms with Gasteiger partial charge >= 0.3 is 5.51 Å². The van der Waals surface area contributed by atoms with Crippen molar-refractivity contribution in [2.75, 3.05) is 18.0 Å². The highest BCUT2D eigenvalue weighted by Crippen LogP contribution is 2.29. The first kappa shape index (κ1) is 16.1. The van der Waals surface area contributed by atoms with E-state index in [0.717, 1.165) is 6.07 Å². The molecule has 1 aromatic carbocycles. The molecule has 0 radical (unpaired) electrons. The van der Waals surface area contributed by atoms with Crippen LogP contribution in [0.25, 0.3) is 0 Å². The molecular formula is C10H10F3N3O3S. The van der Waals surface area contributed by atoms with Crippen LogP contribution >= 0.6 is 11.8 Å². The second kappa shape index (κ2) is 6.46. The van der Waals surface area contributed by atoms with Crippen LogP contribution in [0.5, 0.6) is 0 Å². The smallest absolute Gasteiger partial charge is 0.393 e. The van der Waals surface area contributed by atoms with Crippen molar-refractivity contribution in [3.05, 3.63) is 33.9 Å². The Hall–Kier alpha value is -1.97. The maximum absolute atomic E-state index is 11.9. The molecule has 1 rings (SSSR count). The standard InChI is InChI=1S/C10H10F3N3O3S/c11-10(12,13)20-5-4-15-9(17)6-2-1-3-7(8(6)14)16(18)19/h1-3H,4-5,14H2,(H,15,17). The Morgan fingerprint density at radius 2 is 2.10 bits per heavy atom. The van der Waals surface area contributed by atoms with E-state index >= 15 is 0 Å².